The minimum absolute atomic E-state index is 0.261. The van der Waals surface area contributed by atoms with Crippen molar-refractivity contribution in [2.24, 2.45) is 0 Å². The summed E-state index contributed by atoms with van der Waals surface area (Å²) in [5, 5.41) is 3.39. The summed E-state index contributed by atoms with van der Waals surface area (Å²) >= 11 is 0. The zero-order valence-electron chi connectivity index (χ0n) is 8.29. The van der Waals surface area contributed by atoms with E-state index in [1.165, 1.54) is 5.56 Å². The summed E-state index contributed by atoms with van der Waals surface area (Å²) in [6, 6.07) is 4.11. The summed E-state index contributed by atoms with van der Waals surface area (Å²) in [7, 11) is 0. The van der Waals surface area contributed by atoms with E-state index in [0.717, 1.165) is 18.8 Å². The molecule has 3 N–H and O–H groups in total. The highest BCUT2D eigenvalue weighted by Gasteiger charge is 2.17. The zero-order valence-corrected chi connectivity index (χ0v) is 8.29. The molecule has 1 aliphatic rings. The standard InChI is InChI=1S/C10H15N3O/c1-7-8(2-3-10(11)13-7)9-6-14-5-4-12-9/h2-3,9,12H,4-6H2,1H3,(H2,11,13). The van der Waals surface area contributed by atoms with E-state index in [4.69, 9.17) is 10.5 Å². The van der Waals surface area contributed by atoms with Crippen LogP contribution in [-0.4, -0.2) is 24.7 Å². The predicted molar refractivity (Wildman–Crippen MR) is 54.9 cm³/mol. The highest BCUT2D eigenvalue weighted by atomic mass is 16.5. The molecule has 2 heterocycles. The third-order valence-electron chi connectivity index (χ3n) is 2.45. The predicted octanol–water partition coefficient (Wildman–Crippen LogP) is 0.633. The maximum absolute atomic E-state index is 5.59. The maximum Gasteiger partial charge on any atom is 0.123 e. The van der Waals surface area contributed by atoms with Gasteiger partial charge in [-0.2, -0.15) is 0 Å². The number of nitrogen functional groups attached to an aromatic ring is 1. The first-order valence-corrected chi connectivity index (χ1v) is 4.81. The Morgan fingerprint density at radius 2 is 2.43 bits per heavy atom. The van der Waals surface area contributed by atoms with Gasteiger partial charge in [0.05, 0.1) is 19.3 Å². The van der Waals surface area contributed by atoms with Crippen LogP contribution in [0.2, 0.25) is 0 Å². The molecule has 1 atom stereocenters. The van der Waals surface area contributed by atoms with Crippen molar-refractivity contribution >= 4 is 5.82 Å². The first kappa shape index (κ1) is 9.43. The Morgan fingerprint density at radius 3 is 3.07 bits per heavy atom. The van der Waals surface area contributed by atoms with Crippen LogP contribution < -0.4 is 11.1 Å². The van der Waals surface area contributed by atoms with Crippen LogP contribution in [0.15, 0.2) is 12.1 Å². The summed E-state index contributed by atoms with van der Waals surface area (Å²) in [4.78, 5) is 4.23. The topological polar surface area (TPSA) is 60.2 Å². The molecule has 4 heteroatoms. The summed E-state index contributed by atoms with van der Waals surface area (Å²) in [5.41, 5.74) is 7.75. The van der Waals surface area contributed by atoms with Gasteiger partial charge in [0.2, 0.25) is 0 Å². The average Bonchev–Trinajstić information content (AvgIpc) is 2.19. The third-order valence-corrected chi connectivity index (χ3v) is 2.45. The molecule has 0 radical (unpaired) electrons. The van der Waals surface area contributed by atoms with E-state index in [1.54, 1.807) is 0 Å². The second-order valence-corrected chi connectivity index (χ2v) is 3.49. The van der Waals surface area contributed by atoms with E-state index < -0.39 is 0 Å². The summed E-state index contributed by atoms with van der Waals surface area (Å²) in [6.07, 6.45) is 0. The molecule has 4 nitrogen and oxygen atoms in total. The SMILES string of the molecule is Cc1nc(N)ccc1C1COCCN1. The lowest BCUT2D eigenvalue weighted by Gasteiger charge is -2.25. The largest absolute Gasteiger partial charge is 0.384 e. The van der Waals surface area contributed by atoms with E-state index in [1.807, 2.05) is 19.1 Å². The fourth-order valence-electron chi connectivity index (χ4n) is 1.72. The summed E-state index contributed by atoms with van der Waals surface area (Å²) < 4.78 is 5.40. The number of rotatable bonds is 1. The van der Waals surface area contributed by atoms with Gasteiger partial charge in [0.25, 0.3) is 0 Å². The molecule has 1 aromatic rings. The van der Waals surface area contributed by atoms with E-state index >= 15 is 0 Å². The lowest BCUT2D eigenvalue weighted by atomic mass is 10.1. The van der Waals surface area contributed by atoms with Crippen molar-refractivity contribution in [2.45, 2.75) is 13.0 Å². The molecule has 2 rings (SSSR count). The van der Waals surface area contributed by atoms with Gasteiger partial charge in [-0.15, -0.1) is 0 Å². The number of nitrogens with two attached hydrogens (primary N) is 1. The number of aromatic nitrogens is 1. The van der Waals surface area contributed by atoms with Crippen LogP contribution in [0.25, 0.3) is 0 Å². The molecule has 1 fully saturated rings. The lowest BCUT2D eigenvalue weighted by Crippen LogP contribution is -2.35. The van der Waals surface area contributed by atoms with Gasteiger partial charge in [-0.1, -0.05) is 6.07 Å². The van der Waals surface area contributed by atoms with Crippen LogP contribution in [0.5, 0.6) is 0 Å². The number of ether oxygens (including phenoxy) is 1. The molecule has 0 saturated carbocycles. The van der Waals surface area contributed by atoms with Crippen LogP contribution in [0.3, 0.4) is 0 Å². The Morgan fingerprint density at radius 1 is 1.57 bits per heavy atom. The van der Waals surface area contributed by atoms with Crippen LogP contribution in [0.4, 0.5) is 5.82 Å². The smallest absolute Gasteiger partial charge is 0.123 e. The molecule has 1 aliphatic heterocycles. The molecule has 0 spiro atoms. The molecule has 76 valence electrons. The van der Waals surface area contributed by atoms with Gasteiger partial charge in [-0.25, -0.2) is 4.98 Å². The molecule has 1 aromatic heterocycles. The Labute approximate surface area is 83.5 Å². The van der Waals surface area contributed by atoms with Gasteiger partial charge in [-0.05, 0) is 18.6 Å². The van der Waals surface area contributed by atoms with Crippen molar-refractivity contribution in [3.05, 3.63) is 23.4 Å². The first-order valence-electron chi connectivity index (χ1n) is 4.81. The van der Waals surface area contributed by atoms with E-state index in [9.17, 15) is 0 Å². The molecular weight excluding hydrogens is 178 g/mol. The first-order chi connectivity index (χ1) is 6.77. The van der Waals surface area contributed by atoms with Crippen molar-refractivity contribution in [1.82, 2.24) is 10.3 Å². The van der Waals surface area contributed by atoms with Gasteiger partial charge in [0, 0.05) is 12.2 Å². The van der Waals surface area contributed by atoms with Crippen LogP contribution in [0.1, 0.15) is 17.3 Å². The van der Waals surface area contributed by atoms with Crippen molar-refractivity contribution in [1.29, 1.82) is 0 Å². The average molecular weight is 193 g/mol. The number of morpholine rings is 1. The number of nitrogens with zero attached hydrogens (tertiary/aromatic N) is 1. The second kappa shape index (κ2) is 3.94. The van der Waals surface area contributed by atoms with Gasteiger partial charge in [0.15, 0.2) is 0 Å². The van der Waals surface area contributed by atoms with Crippen LogP contribution >= 0.6 is 0 Å². The Hall–Kier alpha value is -1.13. The summed E-state index contributed by atoms with van der Waals surface area (Å²) in [6.45, 7) is 4.38. The Balaban J connectivity index is 2.22. The molecule has 0 amide bonds. The van der Waals surface area contributed by atoms with Crippen LogP contribution in [0, 0.1) is 6.92 Å². The van der Waals surface area contributed by atoms with Crippen molar-refractivity contribution < 1.29 is 4.74 Å². The molecule has 14 heavy (non-hydrogen) atoms. The van der Waals surface area contributed by atoms with Crippen LogP contribution in [-0.2, 0) is 4.74 Å². The lowest BCUT2D eigenvalue weighted by molar-refractivity contribution is 0.0766. The normalized spacial score (nSPS) is 22.2. The summed E-state index contributed by atoms with van der Waals surface area (Å²) in [5.74, 6) is 0.572. The number of aryl methyl sites for hydroxylation is 1. The molecular formula is C10H15N3O. The van der Waals surface area contributed by atoms with Crippen molar-refractivity contribution in [3.63, 3.8) is 0 Å². The molecule has 1 saturated heterocycles. The molecule has 1 unspecified atom stereocenters. The number of hydrogen-bond acceptors (Lipinski definition) is 4. The zero-order chi connectivity index (χ0) is 9.97. The Bertz CT molecular complexity index is 321. The number of hydrogen-bond donors (Lipinski definition) is 2. The minimum atomic E-state index is 0.261. The Kier molecular flexibility index (Phi) is 2.65. The molecule has 0 aromatic carbocycles. The van der Waals surface area contributed by atoms with E-state index in [-0.39, 0.29) is 6.04 Å². The molecule has 0 aliphatic carbocycles. The van der Waals surface area contributed by atoms with E-state index in [0.29, 0.717) is 12.4 Å². The minimum Gasteiger partial charge on any atom is -0.384 e. The molecule has 0 bridgehead atoms. The maximum atomic E-state index is 5.59. The van der Waals surface area contributed by atoms with Gasteiger partial charge in [0.1, 0.15) is 5.82 Å². The number of pyridine rings is 1. The monoisotopic (exact) mass is 193 g/mol. The van der Waals surface area contributed by atoms with E-state index in [2.05, 4.69) is 10.3 Å². The van der Waals surface area contributed by atoms with Crippen molar-refractivity contribution in [2.75, 3.05) is 25.5 Å². The van der Waals surface area contributed by atoms with Crippen molar-refractivity contribution in [3.8, 4) is 0 Å². The second-order valence-electron chi connectivity index (χ2n) is 3.49. The quantitative estimate of drug-likeness (QED) is 0.687. The highest BCUT2D eigenvalue weighted by molar-refractivity contribution is 5.35. The fourth-order valence-corrected chi connectivity index (χ4v) is 1.72. The third kappa shape index (κ3) is 1.86. The van der Waals surface area contributed by atoms with Gasteiger partial charge < -0.3 is 15.8 Å². The van der Waals surface area contributed by atoms with Gasteiger partial charge in [-0.3, -0.25) is 0 Å². The van der Waals surface area contributed by atoms with Gasteiger partial charge >= 0.3 is 0 Å². The highest BCUT2D eigenvalue weighted by Crippen LogP contribution is 2.19. The number of nitrogens with one attached hydrogen (secondary N) is 1. The number of anilines is 1. The fraction of sp³-hybridized carbons (Fsp3) is 0.500.